The predicted molar refractivity (Wildman–Crippen MR) is 130 cm³/mol. The van der Waals surface area contributed by atoms with Gasteiger partial charge in [0.1, 0.15) is 6.23 Å². The Bertz CT molecular complexity index is 1920. The number of esters is 1. The zero-order valence-corrected chi connectivity index (χ0v) is 19.3. The molecule has 0 saturated carbocycles. The number of carbonyl (C=O) groups excluding carboxylic acids is 3. The molecule has 2 N–H and O–H groups in total. The molecule has 0 aliphatic carbocycles. The molecule has 0 spiro atoms. The SMILES string of the molecule is COC(=O)[C@@]1(O)CC2O[C@]1(C)n1c3ccccc3c3c4c(c5c6ccccc6n2c5c31)C(=O)NC4=O. The van der Waals surface area contributed by atoms with Crippen LogP contribution in [0.4, 0.5) is 0 Å². The van der Waals surface area contributed by atoms with Crippen molar-refractivity contribution in [3.05, 3.63) is 59.7 Å². The van der Waals surface area contributed by atoms with Crippen molar-refractivity contribution < 1.29 is 29.0 Å². The summed E-state index contributed by atoms with van der Waals surface area (Å²) in [5.74, 6) is -1.71. The predicted octanol–water partition coefficient (Wildman–Crippen LogP) is 3.30. The van der Waals surface area contributed by atoms with Gasteiger partial charge in [0, 0.05) is 28.0 Å². The van der Waals surface area contributed by atoms with Crippen LogP contribution in [-0.2, 0) is 20.0 Å². The summed E-state index contributed by atoms with van der Waals surface area (Å²) >= 11 is 0. The van der Waals surface area contributed by atoms with Crippen molar-refractivity contribution in [3.63, 3.8) is 0 Å². The third kappa shape index (κ3) is 1.87. The van der Waals surface area contributed by atoms with Crippen LogP contribution >= 0.6 is 0 Å². The fourth-order valence-electron chi connectivity index (χ4n) is 6.81. The number of hydrogen-bond acceptors (Lipinski definition) is 6. The summed E-state index contributed by atoms with van der Waals surface area (Å²) in [6.45, 7) is 1.68. The van der Waals surface area contributed by atoms with E-state index in [0.29, 0.717) is 32.9 Å². The highest BCUT2D eigenvalue weighted by Gasteiger charge is 2.66. The average Bonchev–Trinajstić information content (AvgIpc) is 3.54. The summed E-state index contributed by atoms with van der Waals surface area (Å²) in [5, 5.41) is 17.2. The molecule has 0 radical (unpaired) electrons. The van der Waals surface area contributed by atoms with E-state index in [-0.39, 0.29) is 6.42 Å². The number of methoxy groups -OCH3 is 1. The van der Waals surface area contributed by atoms with Gasteiger partial charge in [-0.15, -0.1) is 0 Å². The van der Waals surface area contributed by atoms with E-state index in [9.17, 15) is 19.5 Å². The molecule has 5 aromatic rings. The molecule has 3 aliphatic rings. The van der Waals surface area contributed by atoms with Crippen LogP contribution in [0.2, 0.25) is 0 Å². The van der Waals surface area contributed by atoms with Gasteiger partial charge >= 0.3 is 5.97 Å². The number of benzene rings is 3. The van der Waals surface area contributed by atoms with Gasteiger partial charge in [0.05, 0.1) is 40.3 Å². The normalized spacial score (nSPS) is 26.4. The van der Waals surface area contributed by atoms with E-state index in [1.807, 2.05) is 57.7 Å². The first-order chi connectivity index (χ1) is 17.3. The standard InChI is InChI=1S/C27H19N3O6/c1-26-27(34,25(33)35-2)11-16(36-26)29-14-9-5-3-7-12(14)17-19-20(24(32)28-23(19)31)18-13-8-4-6-10-15(13)30(26)22(18)21(17)29/h3-10,16,34H,11H2,1-2H3,(H,28,31,32)/t16?,26-,27-/m0/s1. The quantitative estimate of drug-likeness (QED) is 0.281. The largest absolute Gasteiger partial charge is 0.467 e. The molecular weight excluding hydrogens is 462 g/mol. The van der Waals surface area contributed by atoms with Crippen LogP contribution in [-0.4, -0.2) is 44.7 Å². The van der Waals surface area contributed by atoms with Crippen LogP contribution in [0.5, 0.6) is 0 Å². The Morgan fingerprint density at radius 2 is 1.58 bits per heavy atom. The average molecular weight is 481 g/mol. The molecule has 3 aliphatic heterocycles. The van der Waals surface area contributed by atoms with Gasteiger partial charge in [0.15, 0.2) is 5.72 Å². The zero-order valence-electron chi connectivity index (χ0n) is 19.3. The summed E-state index contributed by atoms with van der Waals surface area (Å²) < 4.78 is 15.5. The lowest BCUT2D eigenvalue weighted by Gasteiger charge is -2.37. The molecule has 3 aromatic carbocycles. The number of carbonyl (C=O) groups is 3. The Morgan fingerprint density at radius 3 is 2.25 bits per heavy atom. The summed E-state index contributed by atoms with van der Waals surface area (Å²) in [6, 6.07) is 15.0. The lowest BCUT2D eigenvalue weighted by atomic mass is 9.88. The number of imide groups is 1. The second-order valence-electron chi connectivity index (χ2n) is 9.83. The molecule has 8 rings (SSSR count). The highest BCUT2D eigenvalue weighted by atomic mass is 16.6. The van der Waals surface area contributed by atoms with Gasteiger partial charge in [-0.3, -0.25) is 14.9 Å². The topological polar surface area (TPSA) is 112 Å². The lowest BCUT2D eigenvalue weighted by Crippen LogP contribution is -2.56. The molecule has 1 unspecified atom stereocenters. The highest BCUT2D eigenvalue weighted by molar-refractivity contribution is 6.39. The molecule has 1 fully saturated rings. The van der Waals surface area contributed by atoms with E-state index in [4.69, 9.17) is 9.47 Å². The maximum absolute atomic E-state index is 13.3. The van der Waals surface area contributed by atoms with Gasteiger partial charge < -0.3 is 23.7 Å². The molecule has 2 bridgehead atoms. The van der Waals surface area contributed by atoms with E-state index >= 15 is 0 Å². The molecule has 9 heteroatoms. The number of ether oxygens (including phenoxy) is 2. The second kappa shape index (κ2) is 5.95. The number of nitrogens with one attached hydrogen (secondary N) is 1. The van der Waals surface area contributed by atoms with Crippen LogP contribution in [0.15, 0.2) is 48.5 Å². The fourth-order valence-corrected chi connectivity index (χ4v) is 6.81. The molecule has 2 aromatic heterocycles. The van der Waals surface area contributed by atoms with Crippen LogP contribution in [0.25, 0.3) is 43.6 Å². The number of nitrogens with zero attached hydrogens (tertiary/aromatic N) is 2. The van der Waals surface area contributed by atoms with E-state index in [0.717, 1.165) is 21.8 Å². The van der Waals surface area contributed by atoms with Crippen molar-refractivity contribution in [1.82, 2.24) is 14.5 Å². The smallest absolute Gasteiger partial charge is 0.343 e. The second-order valence-corrected chi connectivity index (χ2v) is 9.83. The minimum atomic E-state index is -2.02. The van der Waals surface area contributed by atoms with Gasteiger partial charge in [-0.05, 0) is 19.1 Å². The third-order valence-corrected chi connectivity index (χ3v) is 8.28. The Morgan fingerprint density at radius 1 is 1.00 bits per heavy atom. The highest BCUT2D eigenvalue weighted by Crippen LogP contribution is 2.57. The van der Waals surface area contributed by atoms with Gasteiger partial charge in [0.2, 0.25) is 5.60 Å². The number of amides is 2. The minimum Gasteiger partial charge on any atom is -0.467 e. The summed E-state index contributed by atoms with van der Waals surface area (Å²) in [4.78, 5) is 39.6. The van der Waals surface area contributed by atoms with Crippen LogP contribution in [0.1, 0.15) is 40.3 Å². The maximum Gasteiger partial charge on any atom is 0.343 e. The lowest BCUT2D eigenvalue weighted by molar-refractivity contribution is -0.202. The van der Waals surface area contributed by atoms with Crippen molar-refractivity contribution >= 4 is 61.4 Å². The van der Waals surface area contributed by atoms with Crippen molar-refractivity contribution in [2.75, 3.05) is 7.11 Å². The summed E-state index contributed by atoms with van der Waals surface area (Å²) in [7, 11) is 1.24. The van der Waals surface area contributed by atoms with E-state index in [1.165, 1.54) is 7.11 Å². The van der Waals surface area contributed by atoms with Crippen molar-refractivity contribution in [2.45, 2.75) is 30.9 Å². The van der Waals surface area contributed by atoms with Crippen LogP contribution in [0.3, 0.4) is 0 Å². The van der Waals surface area contributed by atoms with E-state index < -0.39 is 35.3 Å². The number of para-hydroxylation sites is 2. The molecular formula is C27H19N3O6. The van der Waals surface area contributed by atoms with Crippen molar-refractivity contribution in [3.8, 4) is 0 Å². The number of fused-ring (bicyclic) bond motifs is 13. The Hall–Kier alpha value is -4.21. The third-order valence-electron chi connectivity index (χ3n) is 8.28. The summed E-state index contributed by atoms with van der Waals surface area (Å²) in [6.07, 6.45) is -0.791. The number of rotatable bonds is 1. The Balaban J connectivity index is 1.75. The van der Waals surface area contributed by atoms with Gasteiger partial charge in [-0.1, -0.05) is 36.4 Å². The minimum absolute atomic E-state index is 0.0560. The molecule has 178 valence electrons. The first-order valence-corrected chi connectivity index (χ1v) is 11.7. The van der Waals surface area contributed by atoms with Crippen molar-refractivity contribution in [1.29, 1.82) is 0 Å². The van der Waals surface area contributed by atoms with Crippen LogP contribution in [0, 0.1) is 0 Å². The molecule has 36 heavy (non-hydrogen) atoms. The summed E-state index contributed by atoms with van der Waals surface area (Å²) in [5.41, 5.74) is -0.160. The molecule has 9 nitrogen and oxygen atoms in total. The van der Waals surface area contributed by atoms with E-state index in [1.54, 1.807) is 6.92 Å². The number of hydrogen-bond donors (Lipinski definition) is 2. The molecule has 3 atom stereocenters. The first kappa shape index (κ1) is 20.0. The van der Waals surface area contributed by atoms with Gasteiger partial charge in [-0.2, -0.15) is 0 Å². The maximum atomic E-state index is 13.3. The van der Waals surface area contributed by atoms with Crippen LogP contribution < -0.4 is 5.32 Å². The van der Waals surface area contributed by atoms with E-state index in [2.05, 4.69) is 5.32 Å². The first-order valence-electron chi connectivity index (χ1n) is 11.7. The number of aliphatic hydroxyl groups is 1. The Kier molecular flexibility index (Phi) is 3.31. The fraction of sp³-hybridized carbons (Fsp3) is 0.222. The number of aromatic nitrogens is 2. The Labute approximate surface area is 202 Å². The van der Waals surface area contributed by atoms with Gasteiger partial charge in [-0.25, -0.2) is 4.79 Å². The van der Waals surface area contributed by atoms with Gasteiger partial charge in [0.25, 0.3) is 11.8 Å². The van der Waals surface area contributed by atoms with Crippen molar-refractivity contribution in [2.24, 2.45) is 0 Å². The molecule has 1 saturated heterocycles. The molecule has 5 heterocycles. The molecule has 2 amide bonds. The zero-order chi connectivity index (χ0) is 24.7. The monoisotopic (exact) mass is 481 g/mol.